The fourth-order valence-electron chi connectivity index (χ4n) is 4.15. The SMILES string of the molecule is CCc1cccc(CC)c1NC(N)=NCCCc1nnc(SC)n1C1CCCC1.I. The van der Waals surface area contributed by atoms with Gasteiger partial charge in [-0.3, -0.25) is 4.99 Å². The van der Waals surface area contributed by atoms with Crippen molar-refractivity contribution < 1.29 is 0 Å². The Morgan fingerprint density at radius 2 is 1.87 bits per heavy atom. The molecule has 1 aliphatic carbocycles. The molecule has 0 atom stereocenters. The van der Waals surface area contributed by atoms with E-state index in [2.05, 4.69) is 63.4 Å². The Hall–Kier alpha value is -1.29. The van der Waals surface area contributed by atoms with Gasteiger partial charge in [-0.2, -0.15) is 0 Å². The number of rotatable bonds is 9. The number of guanidine groups is 1. The molecule has 1 aromatic heterocycles. The summed E-state index contributed by atoms with van der Waals surface area (Å²) in [7, 11) is 0. The predicted molar refractivity (Wildman–Crippen MR) is 138 cm³/mol. The first-order valence-corrected chi connectivity index (χ1v) is 12.1. The summed E-state index contributed by atoms with van der Waals surface area (Å²) in [6, 6.07) is 6.97. The molecule has 0 amide bonds. The molecule has 0 spiro atoms. The fourth-order valence-corrected chi connectivity index (χ4v) is 4.73. The molecular weight excluding hydrogens is 507 g/mol. The summed E-state index contributed by atoms with van der Waals surface area (Å²) in [4.78, 5) is 4.56. The Morgan fingerprint density at radius 1 is 1.20 bits per heavy atom. The normalized spacial score (nSPS) is 14.7. The molecule has 1 heterocycles. The van der Waals surface area contributed by atoms with Crippen LogP contribution in [-0.2, 0) is 19.3 Å². The molecule has 2 aromatic rings. The summed E-state index contributed by atoms with van der Waals surface area (Å²) in [5, 5.41) is 13.2. The van der Waals surface area contributed by atoms with Gasteiger partial charge in [0.2, 0.25) is 0 Å². The first-order valence-electron chi connectivity index (χ1n) is 10.8. The van der Waals surface area contributed by atoms with Crippen LogP contribution < -0.4 is 11.1 Å². The molecule has 166 valence electrons. The number of nitrogens with one attached hydrogen (secondary N) is 1. The number of hydrogen-bond acceptors (Lipinski definition) is 4. The lowest BCUT2D eigenvalue weighted by Crippen LogP contribution is -2.24. The lowest BCUT2D eigenvalue weighted by atomic mass is 10.0. The first kappa shape index (κ1) is 25.0. The van der Waals surface area contributed by atoms with E-state index >= 15 is 0 Å². The second-order valence-corrected chi connectivity index (χ2v) is 8.34. The number of halogens is 1. The number of para-hydroxylation sites is 1. The smallest absolute Gasteiger partial charge is 0.193 e. The maximum Gasteiger partial charge on any atom is 0.193 e. The van der Waals surface area contributed by atoms with Crippen LogP contribution in [0.15, 0.2) is 28.3 Å². The summed E-state index contributed by atoms with van der Waals surface area (Å²) < 4.78 is 2.37. The van der Waals surface area contributed by atoms with Crippen molar-refractivity contribution in [3.63, 3.8) is 0 Å². The predicted octanol–water partition coefficient (Wildman–Crippen LogP) is 5.22. The van der Waals surface area contributed by atoms with Crippen molar-refractivity contribution in [3.05, 3.63) is 35.2 Å². The number of anilines is 1. The Labute approximate surface area is 201 Å². The largest absolute Gasteiger partial charge is 0.370 e. The molecular formula is C22H35IN6S. The number of nitrogens with zero attached hydrogens (tertiary/aromatic N) is 4. The lowest BCUT2D eigenvalue weighted by Gasteiger charge is -2.16. The van der Waals surface area contributed by atoms with E-state index in [9.17, 15) is 0 Å². The average Bonchev–Trinajstić information content (AvgIpc) is 3.40. The Balaban J connectivity index is 0.00000320. The summed E-state index contributed by atoms with van der Waals surface area (Å²) >= 11 is 1.69. The van der Waals surface area contributed by atoms with Crippen LogP contribution in [0.2, 0.25) is 0 Å². The minimum atomic E-state index is 0. The van der Waals surface area contributed by atoms with Gasteiger partial charge in [-0.25, -0.2) is 0 Å². The van der Waals surface area contributed by atoms with E-state index in [-0.39, 0.29) is 24.0 Å². The second-order valence-electron chi connectivity index (χ2n) is 7.57. The van der Waals surface area contributed by atoms with Gasteiger partial charge >= 0.3 is 0 Å². The number of thioether (sulfide) groups is 1. The fraction of sp³-hybridized carbons (Fsp3) is 0.591. The van der Waals surface area contributed by atoms with Gasteiger partial charge in [-0.1, -0.05) is 56.7 Å². The first-order chi connectivity index (χ1) is 14.2. The number of aliphatic imine (C=N–C) groups is 1. The molecule has 1 aromatic carbocycles. The Kier molecular flexibility index (Phi) is 10.4. The highest BCUT2D eigenvalue weighted by molar-refractivity contribution is 14.0. The van der Waals surface area contributed by atoms with E-state index in [1.54, 1.807) is 11.8 Å². The van der Waals surface area contributed by atoms with E-state index in [1.165, 1.54) is 36.8 Å². The highest BCUT2D eigenvalue weighted by Gasteiger charge is 2.23. The molecule has 3 N–H and O–H groups in total. The number of benzene rings is 1. The Morgan fingerprint density at radius 3 is 2.47 bits per heavy atom. The van der Waals surface area contributed by atoms with Crippen LogP contribution in [0.3, 0.4) is 0 Å². The van der Waals surface area contributed by atoms with Gasteiger partial charge in [0.15, 0.2) is 11.1 Å². The number of aromatic nitrogens is 3. The van der Waals surface area contributed by atoms with Gasteiger partial charge in [0.1, 0.15) is 5.82 Å². The molecule has 3 rings (SSSR count). The average molecular weight is 543 g/mol. The third kappa shape index (κ3) is 6.12. The van der Waals surface area contributed by atoms with E-state index in [0.29, 0.717) is 18.5 Å². The molecule has 0 aliphatic heterocycles. The van der Waals surface area contributed by atoms with Gasteiger partial charge in [0.05, 0.1) is 0 Å². The van der Waals surface area contributed by atoms with Crippen molar-refractivity contribution in [3.8, 4) is 0 Å². The van der Waals surface area contributed by atoms with Crippen LogP contribution in [-0.4, -0.2) is 33.5 Å². The molecule has 0 bridgehead atoms. The lowest BCUT2D eigenvalue weighted by molar-refractivity contribution is 0.461. The zero-order valence-electron chi connectivity index (χ0n) is 18.4. The Bertz CT molecular complexity index is 807. The van der Waals surface area contributed by atoms with E-state index in [0.717, 1.165) is 42.4 Å². The summed E-state index contributed by atoms with van der Waals surface area (Å²) in [5.74, 6) is 1.58. The summed E-state index contributed by atoms with van der Waals surface area (Å²) in [6.07, 6.45) is 10.9. The molecule has 8 heteroatoms. The highest BCUT2D eigenvalue weighted by atomic mass is 127. The van der Waals surface area contributed by atoms with Crippen LogP contribution in [0.1, 0.15) is 68.9 Å². The summed E-state index contributed by atoms with van der Waals surface area (Å²) in [5.41, 5.74) is 9.85. The zero-order valence-corrected chi connectivity index (χ0v) is 21.5. The van der Waals surface area contributed by atoms with Crippen LogP contribution in [0.4, 0.5) is 5.69 Å². The second kappa shape index (κ2) is 12.5. The minimum Gasteiger partial charge on any atom is -0.370 e. The van der Waals surface area contributed by atoms with E-state index < -0.39 is 0 Å². The standard InChI is InChI=1S/C22H34N6S.HI/c1-4-16-10-8-11-17(5-2)20(16)25-21(23)24-15-9-14-19-26-27-22(29-3)28(19)18-12-6-7-13-18;/h8,10-11,18H,4-7,9,12-15H2,1-3H3,(H3,23,24,25);1H. The number of hydrogen-bond donors (Lipinski definition) is 2. The number of nitrogens with two attached hydrogens (primary N) is 1. The monoisotopic (exact) mass is 542 g/mol. The van der Waals surface area contributed by atoms with Crippen molar-refractivity contribution in [2.75, 3.05) is 18.1 Å². The third-order valence-electron chi connectivity index (χ3n) is 5.70. The molecule has 1 saturated carbocycles. The maximum atomic E-state index is 6.19. The van der Waals surface area contributed by atoms with Crippen molar-refractivity contribution in [1.82, 2.24) is 14.8 Å². The van der Waals surface area contributed by atoms with Gasteiger partial charge in [-0.15, -0.1) is 34.2 Å². The van der Waals surface area contributed by atoms with Crippen LogP contribution in [0.25, 0.3) is 0 Å². The van der Waals surface area contributed by atoms with Gasteiger partial charge in [-0.05, 0) is 49.5 Å². The highest BCUT2D eigenvalue weighted by Crippen LogP contribution is 2.33. The van der Waals surface area contributed by atoms with Crippen LogP contribution in [0, 0.1) is 0 Å². The van der Waals surface area contributed by atoms with E-state index in [1.807, 2.05) is 0 Å². The topological polar surface area (TPSA) is 81.1 Å². The van der Waals surface area contributed by atoms with Crippen molar-refractivity contribution in [2.45, 2.75) is 76.4 Å². The molecule has 1 fully saturated rings. The summed E-state index contributed by atoms with van der Waals surface area (Å²) in [6.45, 7) is 5.01. The van der Waals surface area contributed by atoms with Crippen molar-refractivity contribution in [1.29, 1.82) is 0 Å². The number of aryl methyl sites for hydroxylation is 3. The maximum absolute atomic E-state index is 6.19. The van der Waals surface area contributed by atoms with Crippen molar-refractivity contribution in [2.24, 2.45) is 10.7 Å². The molecule has 6 nitrogen and oxygen atoms in total. The molecule has 0 unspecified atom stereocenters. The molecule has 1 aliphatic rings. The molecule has 0 radical (unpaired) electrons. The quantitative estimate of drug-likeness (QED) is 0.149. The minimum absolute atomic E-state index is 0. The molecule has 30 heavy (non-hydrogen) atoms. The van der Waals surface area contributed by atoms with Gasteiger partial charge < -0.3 is 15.6 Å². The van der Waals surface area contributed by atoms with Gasteiger partial charge in [0.25, 0.3) is 0 Å². The van der Waals surface area contributed by atoms with E-state index in [4.69, 9.17) is 5.73 Å². The van der Waals surface area contributed by atoms with Crippen LogP contribution in [0.5, 0.6) is 0 Å². The van der Waals surface area contributed by atoms with Crippen molar-refractivity contribution >= 4 is 47.4 Å². The third-order valence-corrected chi connectivity index (χ3v) is 6.34. The van der Waals surface area contributed by atoms with Gasteiger partial charge in [0, 0.05) is 24.7 Å². The zero-order chi connectivity index (χ0) is 20.6. The molecule has 0 saturated heterocycles. The van der Waals surface area contributed by atoms with Crippen LogP contribution >= 0.6 is 35.7 Å².